The molecule has 0 atom stereocenters. The van der Waals surface area contributed by atoms with E-state index in [0.717, 1.165) is 28.1 Å². The average Bonchev–Trinajstić information content (AvgIpc) is 2.75. The highest BCUT2D eigenvalue weighted by molar-refractivity contribution is 6.04. The Hall–Kier alpha value is -2.49. The van der Waals surface area contributed by atoms with Crippen LogP contribution >= 0.6 is 0 Å². The number of ether oxygens (including phenoxy) is 1. The zero-order valence-electron chi connectivity index (χ0n) is 10.5. The number of esters is 1. The van der Waals surface area contributed by atoms with E-state index in [1.54, 1.807) is 19.3 Å². The average molecular weight is 252 g/mol. The number of fused-ring (bicyclic) bond motifs is 3. The molecule has 0 aliphatic heterocycles. The van der Waals surface area contributed by atoms with Crippen LogP contribution in [0.5, 0.6) is 0 Å². The lowest BCUT2D eigenvalue weighted by Crippen LogP contribution is -2.01. The minimum absolute atomic E-state index is 0.354. The van der Waals surface area contributed by atoms with Gasteiger partial charge in [0.25, 0.3) is 0 Å². The summed E-state index contributed by atoms with van der Waals surface area (Å²) in [7, 11) is 0. The molecule has 4 nitrogen and oxygen atoms in total. The first kappa shape index (κ1) is 11.6. The first-order valence-electron chi connectivity index (χ1n) is 6.11. The van der Waals surface area contributed by atoms with Crippen molar-refractivity contribution in [1.29, 1.82) is 0 Å². The van der Waals surface area contributed by atoms with E-state index in [4.69, 9.17) is 4.74 Å². The summed E-state index contributed by atoms with van der Waals surface area (Å²) < 4.78 is 4.96. The van der Waals surface area contributed by atoms with Crippen molar-refractivity contribution in [1.82, 2.24) is 9.97 Å². The Morgan fingerprint density at radius 2 is 1.74 bits per heavy atom. The predicted molar refractivity (Wildman–Crippen MR) is 71.2 cm³/mol. The van der Waals surface area contributed by atoms with Gasteiger partial charge in [0.05, 0.1) is 18.0 Å². The monoisotopic (exact) mass is 252 g/mol. The van der Waals surface area contributed by atoms with Crippen molar-refractivity contribution in [2.24, 2.45) is 0 Å². The third-order valence-electron chi connectivity index (χ3n) is 2.96. The fourth-order valence-electron chi connectivity index (χ4n) is 2.23. The first-order valence-corrected chi connectivity index (χ1v) is 6.11. The fraction of sp³-hybridized carbons (Fsp3) is 0.133. The lowest BCUT2D eigenvalue weighted by Gasteiger charge is -2.01. The number of nitrogens with zero attached hydrogens (tertiary/aromatic N) is 2. The highest BCUT2D eigenvalue weighted by Crippen LogP contribution is 2.41. The zero-order chi connectivity index (χ0) is 13.2. The molecule has 3 rings (SSSR count). The summed E-state index contributed by atoms with van der Waals surface area (Å²) in [4.78, 5) is 20.4. The van der Waals surface area contributed by atoms with Crippen LogP contribution in [0.4, 0.5) is 0 Å². The minimum atomic E-state index is -0.368. The molecule has 2 heterocycles. The SMILES string of the molecule is CCOC(=O)C=C1c2ncccc2-c2cccnc21. The summed E-state index contributed by atoms with van der Waals surface area (Å²) in [6.45, 7) is 2.14. The number of carbonyl (C=O) groups is 1. The van der Waals surface area contributed by atoms with Gasteiger partial charge in [0.2, 0.25) is 0 Å². The van der Waals surface area contributed by atoms with Crippen LogP contribution < -0.4 is 0 Å². The van der Waals surface area contributed by atoms with Crippen molar-refractivity contribution in [3.63, 3.8) is 0 Å². The van der Waals surface area contributed by atoms with E-state index in [1.807, 2.05) is 24.3 Å². The molecule has 0 amide bonds. The Bertz CT molecular complexity index is 630. The number of hydrogen-bond donors (Lipinski definition) is 0. The molecular formula is C15H12N2O2. The molecule has 0 bridgehead atoms. The van der Waals surface area contributed by atoms with Gasteiger partial charge in [0.1, 0.15) is 0 Å². The van der Waals surface area contributed by atoms with Crippen molar-refractivity contribution in [3.05, 3.63) is 54.1 Å². The number of aromatic nitrogens is 2. The fourth-order valence-corrected chi connectivity index (χ4v) is 2.23. The quantitative estimate of drug-likeness (QED) is 0.519. The summed E-state index contributed by atoms with van der Waals surface area (Å²) >= 11 is 0. The predicted octanol–water partition coefficient (Wildman–Crippen LogP) is 2.45. The van der Waals surface area contributed by atoms with Gasteiger partial charge in [-0.1, -0.05) is 12.1 Å². The van der Waals surface area contributed by atoms with E-state index in [2.05, 4.69) is 9.97 Å². The van der Waals surface area contributed by atoms with Crippen molar-refractivity contribution in [3.8, 4) is 11.1 Å². The molecule has 0 saturated carbocycles. The van der Waals surface area contributed by atoms with E-state index < -0.39 is 0 Å². The van der Waals surface area contributed by atoms with E-state index in [0.29, 0.717) is 6.61 Å². The molecular weight excluding hydrogens is 240 g/mol. The van der Waals surface area contributed by atoms with E-state index >= 15 is 0 Å². The minimum Gasteiger partial charge on any atom is -0.463 e. The topological polar surface area (TPSA) is 52.1 Å². The van der Waals surface area contributed by atoms with Gasteiger partial charge in [-0.3, -0.25) is 9.97 Å². The second-order valence-electron chi connectivity index (χ2n) is 4.11. The normalized spacial score (nSPS) is 11.7. The largest absolute Gasteiger partial charge is 0.463 e. The van der Waals surface area contributed by atoms with Gasteiger partial charge in [0.15, 0.2) is 0 Å². The molecule has 94 valence electrons. The zero-order valence-corrected chi connectivity index (χ0v) is 10.5. The first-order chi connectivity index (χ1) is 9.31. The van der Waals surface area contributed by atoms with Crippen LogP contribution in [0.25, 0.3) is 16.7 Å². The molecule has 1 aliphatic carbocycles. The van der Waals surface area contributed by atoms with Crippen LogP contribution in [0.15, 0.2) is 42.7 Å². The van der Waals surface area contributed by atoms with Crippen molar-refractivity contribution >= 4 is 11.5 Å². The number of carbonyl (C=O) groups excluding carboxylic acids is 1. The van der Waals surface area contributed by atoms with Gasteiger partial charge in [-0.05, 0) is 19.1 Å². The van der Waals surface area contributed by atoms with Gasteiger partial charge in [-0.25, -0.2) is 4.79 Å². The van der Waals surface area contributed by atoms with Gasteiger partial charge in [0, 0.05) is 35.2 Å². The van der Waals surface area contributed by atoms with E-state index in [1.165, 1.54) is 6.08 Å². The Labute approximate surface area is 110 Å². The van der Waals surface area contributed by atoms with Gasteiger partial charge < -0.3 is 4.74 Å². The van der Waals surface area contributed by atoms with Crippen molar-refractivity contribution < 1.29 is 9.53 Å². The lowest BCUT2D eigenvalue weighted by molar-refractivity contribution is -0.137. The van der Waals surface area contributed by atoms with Crippen LogP contribution in [0.1, 0.15) is 18.3 Å². The molecule has 2 aromatic rings. The smallest absolute Gasteiger partial charge is 0.331 e. The summed E-state index contributed by atoms with van der Waals surface area (Å²) in [6.07, 6.45) is 4.89. The maximum absolute atomic E-state index is 11.7. The Morgan fingerprint density at radius 3 is 2.26 bits per heavy atom. The van der Waals surface area contributed by atoms with Crippen LogP contribution in [-0.4, -0.2) is 22.5 Å². The molecule has 0 spiro atoms. The third kappa shape index (κ3) is 1.91. The molecule has 0 radical (unpaired) electrons. The number of hydrogen-bond acceptors (Lipinski definition) is 4. The molecule has 4 heteroatoms. The summed E-state index contributed by atoms with van der Waals surface area (Å²) in [6, 6.07) is 7.72. The Morgan fingerprint density at radius 1 is 1.16 bits per heavy atom. The third-order valence-corrected chi connectivity index (χ3v) is 2.96. The molecule has 0 fully saturated rings. The van der Waals surface area contributed by atoms with Crippen LogP contribution in [0, 0.1) is 0 Å². The molecule has 2 aromatic heterocycles. The highest BCUT2D eigenvalue weighted by atomic mass is 16.5. The number of rotatable bonds is 2. The Balaban J connectivity index is 2.18. The van der Waals surface area contributed by atoms with Gasteiger partial charge in [-0.2, -0.15) is 0 Å². The number of pyridine rings is 2. The van der Waals surface area contributed by atoms with Crippen molar-refractivity contribution in [2.75, 3.05) is 6.61 Å². The summed E-state index contributed by atoms with van der Waals surface area (Å²) in [5.74, 6) is -0.368. The highest BCUT2D eigenvalue weighted by Gasteiger charge is 2.26. The molecule has 19 heavy (non-hydrogen) atoms. The maximum Gasteiger partial charge on any atom is 0.331 e. The van der Waals surface area contributed by atoms with Crippen LogP contribution in [0.2, 0.25) is 0 Å². The molecule has 0 saturated heterocycles. The lowest BCUT2D eigenvalue weighted by atomic mass is 10.1. The Kier molecular flexibility index (Phi) is 2.83. The maximum atomic E-state index is 11.7. The standard InChI is InChI=1S/C15H12N2O2/c1-2-19-13(18)9-12-14-10(5-3-7-16-14)11-6-4-8-17-15(11)12/h3-9H,2H2,1H3. The van der Waals surface area contributed by atoms with Crippen molar-refractivity contribution in [2.45, 2.75) is 6.92 Å². The second kappa shape index (κ2) is 4.65. The molecule has 0 unspecified atom stereocenters. The summed E-state index contributed by atoms with van der Waals surface area (Å²) in [5.41, 5.74) is 4.29. The van der Waals surface area contributed by atoms with E-state index in [9.17, 15) is 4.79 Å². The molecule has 0 aromatic carbocycles. The summed E-state index contributed by atoms with van der Waals surface area (Å²) in [5, 5.41) is 0. The molecule has 1 aliphatic rings. The molecule has 0 N–H and O–H groups in total. The van der Waals surface area contributed by atoms with E-state index in [-0.39, 0.29) is 5.97 Å². The second-order valence-corrected chi connectivity index (χ2v) is 4.11. The van der Waals surface area contributed by atoms with Crippen LogP contribution in [-0.2, 0) is 9.53 Å². The van der Waals surface area contributed by atoms with Gasteiger partial charge in [-0.15, -0.1) is 0 Å². The van der Waals surface area contributed by atoms with Crippen LogP contribution in [0.3, 0.4) is 0 Å². The van der Waals surface area contributed by atoms with Gasteiger partial charge >= 0.3 is 5.97 Å².